The van der Waals surface area contributed by atoms with Gasteiger partial charge in [-0.15, -0.1) is 0 Å². The predicted octanol–water partition coefficient (Wildman–Crippen LogP) is 3.15. The fraction of sp³-hybridized carbons (Fsp3) is 0.533. The summed E-state index contributed by atoms with van der Waals surface area (Å²) in [4.78, 5) is 12.7. The molecule has 3 nitrogen and oxygen atoms in total. The van der Waals surface area contributed by atoms with Crippen molar-refractivity contribution in [1.82, 2.24) is 5.32 Å². The molecular weight excluding hydrogens is 262 g/mol. The van der Waals surface area contributed by atoms with Crippen molar-refractivity contribution >= 4 is 17.4 Å². The molecule has 1 aliphatic heterocycles. The topological polar surface area (TPSA) is 38.3 Å². The minimum Gasteiger partial charge on any atom is -0.496 e. The van der Waals surface area contributed by atoms with Gasteiger partial charge in [-0.1, -0.05) is 11.6 Å². The predicted molar refractivity (Wildman–Crippen MR) is 77.4 cm³/mol. The van der Waals surface area contributed by atoms with Crippen LogP contribution in [0.15, 0.2) is 6.07 Å². The highest BCUT2D eigenvalue weighted by Crippen LogP contribution is 2.34. The van der Waals surface area contributed by atoms with Gasteiger partial charge >= 0.3 is 0 Å². The van der Waals surface area contributed by atoms with E-state index in [9.17, 15) is 4.79 Å². The number of rotatable bonds is 3. The first-order chi connectivity index (χ1) is 9.06. The average molecular weight is 282 g/mol. The first kappa shape index (κ1) is 14.4. The average Bonchev–Trinajstić information content (AvgIpc) is 2.42. The number of aryl methyl sites for hydroxylation is 1. The highest BCUT2D eigenvalue weighted by molar-refractivity contribution is 6.32. The van der Waals surface area contributed by atoms with E-state index in [0.29, 0.717) is 16.3 Å². The Morgan fingerprint density at radius 2 is 2.21 bits per heavy atom. The van der Waals surface area contributed by atoms with Crippen LogP contribution in [0.5, 0.6) is 5.75 Å². The Balaban J connectivity index is 2.44. The molecule has 4 heteroatoms. The third kappa shape index (κ3) is 2.77. The second-order valence-electron chi connectivity index (χ2n) is 5.12. The zero-order chi connectivity index (χ0) is 14.0. The zero-order valence-electron chi connectivity index (χ0n) is 11.7. The maximum atomic E-state index is 12.7. The van der Waals surface area contributed by atoms with Crippen LogP contribution in [0.2, 0.25) is 5.02 Å². The number of carbonyl (C=O) groups is 1. The summed E-state index contributed by atoms with van der Waals surface area (Å²) in [7, 11) is 1.60. The lowest BCUT2D eigenvalue weighted by atomic mass is 9.87. The molecule has 2 rings (SSSR count). The molecule has 1 N–H and O–H groups in total. The van der Waals surface area contributed by atoms with Crippen LogP contribution in [0.4, 0.5) is 0 Å². The molecule has 0 saturated carbocycles. The molecule has 1 saturated heterocycles. The van der Waals surface area contributed by atoms with E-state index < -0.39 is 0 Å². The van der Waals surface area contributed by atoms with Gasteiger partial charge in [0.25, 0.3) is 0 Å². The number of carbonyl (C=O) groups excluding carboxylic acids is 1. The SMILES string of the molecule is COc1c(C)cc(Cl)c(C)c1C(=O)C1CCCNC1. The van der Waals surface area contributed by atoms with E-state index in [2.05, 4.69) is 5.32 Å². The van der Waals surface area contributed by atoms with Crippen molar-refractivity contribution in [2.24, 2.45) is 5.92 Å². The molecule has 0 radical (unpaired) electrons. The van der Waals surface area contributed by atoms with Gasteiger partial charge in [-0.2, -0.15) is 0 Å². The van der Waals surface area contributed by atoms with Gasteiger partial charge in [0.15, 0.2) is 5.78 Å². The number of methoxy groups -OCH3 is 1. The van der Waals surface area contributed by atoms with Gasteiger partial charge in [0, 0.05) is 17.5 Å². The fourth-order valence-electron chi connectivity index (χ4n) is 2.69. The molecule has 1 fully saturated rings. The van der Waals surface area contributed by atoms with Gasteiger partial charge in [0.1, 0.15) is 5.75 Å². The maximum absolute atomic E-state index is 12.7. The molecule has 0 aliphatic carbocycles. The molecular formula is C15H20ClNO2. The number of ketones is 1. The molecule has 0 spiro atoms. The monoisotopic (exact) mass is 281 g/mol. The summed E-state index contributed by atoms with van der Waals surface area (Å²) in [5.41, 5.74) is 2.38. The summed E-state index contributed by atoms with van der Waals surface area (Å²) in [6.07, 6.45) is 1.97. The van der Waals surface area contributed by atoms with E-state index in [-0.39, 0.29) is 11.7 Å². The number of ether oxygens (including phenoxy) is 1. The lowest BCUT2D eigenvalue weighted by Crippen LogP contribution is -2.34. The molecule has 1 aliphatic rings. The van der Waals surface area contributed by atoms with Crippen molar-refractivity contribution in [1.29, 1.82) is 0 Å². The van der Waals surface area contributed by atoms with Crippen LogP contribution in [0.1, 0.15) is 34.3 Å². The number of Topliss-reactive ketones (excluding diaryl/α,β-unsaturated/α-hetero) is 1. The van der Waals surface area contributed by atoms with Crippen LogP contribution >= 0.6 is 11.6 Å². The van der Waals surface area contributed by atoms with Gasteiger partial charge in [-0.3, -0.25) is 4.79 Å². The highest BCUT2D eigenvalue weighted by Gasteiger charge is 2.27. The van der Waals surface area contributed by atoms with E-state index in [4.69, 9.17) is 16.3 Å². The third-order valence-electron chi connectivity index (χ3n) is 3.78. The normalized spacial score (nSPS) is 19.3. The Morgan fingerprint density at radius 1 is 1.47 bits per heavy atom. The number of nitrogens with one attached hydrogen (secondary N) is 1. The molecule has 1 aromatic carbocycles. The fourth-order valence-corrected chi connectivity index (χ4v) is 2.95. The number of hydrogen-bond acceptors (Lipinski definition) is 3. The second-order valence-corrected chi connectivity index (χ2v) is 5.52. The van der Waals surface area contributed by atoms with Crippen LogP contribution in [0, 0.1) is 19.8 Å². The lowest BCUT2D eigenvalue weighted by molar-refractivity contribution is 0.0895. The van der Waals surface area contributed by atoms with E-state index >= 15 is 0 Å². The zero-order valence-corrected chi connectivity index (χ0v) is 12.4. The van der Waals surface area contributed by atoms with Crippen molar-refractivity contribution in [3.63, 3.8) is 0 Å². The maximum Gasteiger partial charge on any atom is 0.171 e. The molecule has 1 atom stereocenters. The van der Waals surface area contributed by atoms with Crippen molar-refractivity contribution in [2.45, 2.75) is 26.7 Å². The van der Waals surface area contributed by atoms with Gasteiger partial charge < -0.3 is 10.1 Å². The van der Waals surface area contributed by atoms with Gasteiger partial charge in [0.05, 0.1) is 12.7 Å². The van der Waals surface area contributed by atoms with Crippen LogP contribution < -0.4 is 10.1 Å². The Morgan fingerprint density at radius 3 is 2.79 bits per heavy atom. The van der Waals surface area contributed by atoms with Crippen molar-refractivity contribution in [3.05, 3.63) is 27.8 Å². The van der Waals surface area contributed by atoms with Crippen LogP contribution in [0.25, 0.3) is 0 Å². The summed E-state index contributed by atoms with van der Waals surface area (Å²) in [5, 5.41) is 3.91. The van der Waals surface area contributed by atoms with Gasteiger partial charge in [-0.05, 0) is 50.4 Å². The smallest absolute Gasteiger partial charge is 0.171 e. The molecule has 0 amide bonds. The number of benzene rings is 1. The first-order valence-corrected chi connectivity index (χ1v) is 7.02. The quantitative estimate of drug-likeness (QED) is 0.865. The van der Waals surface area contributed by atoms with E-state index in [1.165, 1.54) is 0 Å². The summed E-state index contributed by atoms with van der Waals surface area (Å²) < 4.78 is 5.42. The largest absolute Gasteiger partial charge is 0.496 e. The number of hydrogen-bond donors (Lipinski definition) is 1. The molecule has 1 aromatic rings. The first-order valence-electron chi connectivity index (χ1n) is 6.65. The van der Waals surface area contributed by atoms with Gasteiger partial charge in [-0.25, -0.2) is 0 Å². The van der Waals surface area contributed by atoms with Crippen LogP contribution in [0.3, 0.4) is 0 Å². The van der Waals surface area contributed by atoms with Crippen molar-refractivity contribution in [3.8, 4) is 5.75 Å². The highest BCUT2D eigenvalue weighted by atomic mass is 35.5. The van der Waals surface area contributed by atoms with Gasteiger partial charge in [0.2, 0.25) is 0 Å². The minimum atomic E-state index is 0.0271. The Bertz CT molecular complexity index is 493. The molecule has 1 heterocycles. The van der Waals surface area contributed by atoms with Crippen molar-refractivity contribution < 1.29 is 9.53 Å². The molecule has 0 aromatic heterocycles. The summed E-state index contributed by atoms with van der Waals surface area (Å²) >= 11 is 6.21. The second kappa shape index (κ2) is 5.93. The molecule has 1 unspecified atom stereocenters. The van der Waals surface area contributed by atoms with E-state index in [1.54, 1.807) is 7.11 Å². The summed E-state index contributed by atoms with van der Waals surface area (Å²) in [6, 6.07) is 1.85. The minimum absolute atomic E-state index is 0.0271. The van der Waals surface area contributed by atoms with Crippen molar-refractivity contribution in [2.75, 3.05) is 20.2 Å². The summed E-state index contributed by atoms with van der Waals surface area (Å²) in [6.45, 7) is 5.54. The van der Waals surface area contributed by atoms with Crippen LogP contribution in [-0.4, -0.2) is 26.0 Å². The Kier molecular flexibility index (Phi) is 4.48. The lowest BCUT2D eigenvalue weighted by Gasteiger charge is -2.24. The third-order valence-corrected chi connectivity index (χ3v) is 4.17. The van der Waals surface area contributed by atoms with Crippen LogP contribution in [-0.2, 0) is 0 Å². The molecule has 19 heavy (non-hydrogen) atoms. The number of halogens is 1. The molecule has 104 valence electrons. The van der Waals surface area contributed by atoms with E-state index in [0.717, 1.165) is 37.1 Å². The van der Waals surface area contributed by atoms with E-state index in [1.807, 2.05) is 19.9 Å². The number of piperidine rings is 1. The standard InChI is InChI=1S/C15H20ClNO2/c1-9-7-12(16)10(2)13(15(9)19-3)14(18)11-5-4-6-17-8-11/h7,11,17H,4-6,8H2,1-3H3. The molecule has 0 bridgehead atoms. The summed E-state index contributed by atoms with van der Waals surface area (Å²) in [5.74, 6) is 0.837. The Labute approximate surface area is 119 Å². The Hall–Kier alpha value is -1.06.